The lowest BCUT2D eigenvalue weighted by Crippen LogP contribution is -2.21. The molecule has 2 aromatic rings. The molecule has 2 rings (SSSR count). The van der Waals surface area contributed by atoms with Gasteiger partial charge in [0.25, 0.3) is 0 Å². The number of carbonyl (C=O) groups is 2. The molecule has 0 aromatic heterocycles. The molecular weight excluding hydrogens is 290 g/mol. The lowest BCUT2D eigenvalue weighted by molar-refractivity contribution is -0.123. The summed E-state index contributed by atoms with van der Waals surface area (Å²) in [6.45, 7) is 2.05. The van der Waals surface area contributed by atoms with Gasteiger partial charge in [0.1, 0.15) is 6.42 Å². The Balaban J connectivity index is 1.88. The van der Waals surface area contributed by atoms with E-state index in [1.54, 1.807) is 24.3 Å². The smallest absolute Gasteiger partial charge is 0.233 e. The third-order valence-corrected chi connectivity index (χ3v) is 3.24. The van der Waals surface area contributed by atoms with Gasteiger partial charge in [0.15, 0.2) is 0 Å². The van der Waals surface area contributed by atoms with E-state index in [1.165, 1.54) is 5.56 Å². The lowest BCUT2D eigenvalue weighted by atomic mass is 10.1. The van der Waals surface area contributed by atoms with Gasteiger partial charge in [0, 0.05) is 11.4 Å². The summed E-state index contributed by atoms with van der Waals surface area (Å²) >= 11 is 0. The van der Waals surface area contributed by atoms with Crippen molar-refractivity contribution in [3.63, 3.8) is 0 Å². The van der Waals surface area contributed by atoms with Gasteiger partial charge in [0.2, 0.25) is 11.8 Å². The van der Waals surface area contributed by atoms with Crippen LogP contribution in [0, 0.1) is 11.3 Å². The first-order valence-corrected chi connectivity index (χ1v) is 7.29. The number of hydrogen-bond donors (Lipinski definition) is 2. The van der Waals surface area contributed by atoms with Crippen LogP contribution < -0.4 is 10.6 Å². The number of nitrogens with one attached hydrogen (secondary N) is 2. The Labute approximate surface area is 134 Å². The summed E-state index contributed by atoms with van der Waals surface area (Å²) in [4.78, 5) is 23.7. The van der Waals surface area contributed by atoms with Crippen LogP contribution in [0.3, 0.4) is 0 Å². The summed E-state index contributed by atoms with van der Waals surface area (Å²) in [6.07, 6.45) is 0.644. The highest BCUT2D eigenvalue weighted by Gasteiger charge is 2.10. The highest BCUT2D eigenvalue weighted by atomic mass is 16.2. The van der Waals surface area contributed by atoms with Crippen LogP contribution in [0.2, 0.25) is 0 Å². The van der Waals surface area contributed by atoms with Crippen LogP contribution in [-0.2, 0) is 16.0 Å². The molecular formula is C18H17N3O2. The van der Waals surface area contributed by atoms with Crippen molar-refractivity contribution in [3.8, 4) is 6.07 Å². The van der Waals surface area contributed by atoms with Crippen LogP contribution in [0.15, 0.2) is 48.5 Å². The summed E-state index contributed by atoms with van der Waals surface area (Å²) in [5.74, 6) is -0.814. The molecule has 0 radical (unpaired) electrons. The number of rotatable bonds is 5. The Bertz CT molecular complexity index is 746. The summed E-state index contributed by atoms with van der Waals surface area (Å²) < 4.78 is 0. The number of amides is 2. The number of hydrogen-bond acceptors (Lipinski definition) is 3. The Kier molecular flexibility index (Phi) is 5.48. The van der Waals surface area contributed by atoms with Gasteiger partial charge in [-0.1, -0.05) is 25.1 Å². The molecule has 0 atom stereocenters. The van der Waals surface area contributed by atoms with Crippen molar-refractivity contribution in [1.29, 1.82) is 5.26 Å². The standard InChI is InChI=1S/C18H17N3O2/c1-2-13-6-8-15(9-7-13)20-17(22)11-18(23)21-16-5-3-4-14(10-16)12-19/h3-10H,2,11H2,1H3,(H,20,22)(H,21,23). The van der Waals surface area contributed by atoms with E-state index in [1.807, 2.05) is 30.3 Å². The molecule has 0 spiro atoms. The van der Waals surface area contributed by atoms with Crippen molar-refractivity contribution in [2.45, 2.75) is 19.8 Å². The molecule has 23 heavy (non-hydrogen) atoms. The monoisotopic (exact) mass is 307 g/mol. The van der Waals surface area contributed by atoms with E-state index in [0.717, 1.165) is 6.42 Å². The van der Waals surface area contributed by atoms with Crippen LogP contribution in [0.1, 0.15) is 24.5 Å². The molecule has 116 valence electrons. The van der Waals surface area contributed by atoms with Gasteiger partial charge in [-0.05, 0) is 42.3 Å². The van der Waals surface area contributed by atoms with Gasteiger partial charge in [-0.15, -0.1) is 0 Å². The fourth-order valence-electron chi connectivity index (χ4n) is 2.05. The molecule has 0 unspecified atom stereocenters. The maximum atomic E-state index is 11.9. The van der Waals surface area contributed by atoms with E-state index in [-0.39, 0.29) is 12.3 Å². The van der Waals surface area contributed by atoms with E-state index in [9.17, 15) is 9.59 Å². The third kappa shape index (κ3) is 4.97. The first-order valence-electron chi connectivity index (χ1n) is 7.29. The molecule has 0 aliphatic heterocycles. The number of anilines is 2. The van der Waals surface area contributed by atoms with Crippen molar-refractivity contribution in [1.82, 2.24) is 0 Å². The average Bonchev–Trinajstić information content (AvgIpc) is 2.55. The predicted octanol–water partition coefficient (Wildman–Crippen LogP) is 3.09. The Hall–Kier alpha value is -3.13. The van der Waals surface area contributed by atoms with Crippen LogP contribution in [0.4, 0.5) is 11.4 Å². The number of nitriles is 1. The zero-order chi connectivity index (χ0) is 16.7. The summed E-state index contributed by atoms with van der Waals surface area (Å²) in [5, 5.41) is 14.1. The number of aryl methyl sites for hydroxylation is 1. The van der Waals surface area contributed by atoms with Crippen LogP contribution >= 0.6 is 0 Å². The molecule has 2 amide bonds. The fourth-order valence-corrected chi connectivity index (χ4v) is 2.05. The van der Waals surface area contributed by atoms with Crippen LogP contribution in [0.5, 0.6) is 0 Å². The molecule has 2 aromatic carbocycles. The lowest BCUT2D eigenvalue weighted by Gasteiger charge is -2.07. The van der Waals surface area contributed by atoms with E-state index in [2.05, 4.69) is 17.6 Å². The van der Waals surface area contributed by atoms with Gasteiger partial charge in [-0.3, -0.25) is 9.59 Å². The zero-order valence-electron chi connectivity index (χ0n) is 12.8. The van der Waals surface area contributed by atoms with Gasteiger partial charge < -0.3 is 10.6 Å². The summed E-state index contributed by atoms with van der Waals surface area (Å²) in [5.41, 5.74) is 2.78. The highest BCUT2D eigenvalue weighted by Crippen LogP contribution is 2.12. The Morgan fingerprint density at radius 3 is 2.26 bits per heavy atom. The molecule has 0 bridgehead atoms. The Morgan fingerprint density at radius 1 is 1.00 bits per heavy atom. The minimum absolute atomic E-state index is 0.285. The molecule has 0 saturated heterocycles. The minimum atomic E-state index is -0.428. The van der Waals surface area contributed by atoms with Crippen LogP contribution in [-0.4, -0.2) is 11.8 Å². The van der Waals surface area contributed by atoms with E-state index in [0.29, 0.717) is 16.9 Å². The normalized spacial score (nSPS) is 9.74. The Morgan fingerprint density at radius 2 is 1.65 bits per heavy atom. The maximum Gasteiger partial charge on any atom is 0.233 e. The summed E-state index contributed by atoms with van der Waals surface area (Å²) in [6, 6.07) is 16.0. The van der Waals surface area contributed by atoms with Gasteiger partial charge in [0.05, 0.1) is 11.6 Å². The predicted molar refractivity (Wildman–Crippen MR) is 88.9 cm³/mol. The second-order valence-electron chi connectivity index (χ2n) is 5.02. The van der Waals surface area contributed by atoms with E-state index < -0.39 is 5.91 Å². The molecule has 0 fully saturated rings. The minimum Gasteiger partial charge on any atom is -0.326 e. The van der Waals surface area contributed by atoms with Gasteiger partial charge in [-0.2, -0.15) is 5.26 Å². The van der Waals surface area contributed by atoms with Crippen molar-refractivity contribution < 1.29 is 9.59 Å². The molecule has 2 N–H and O–H groups in total. The first kappa shape index (κ1) is 16.2. The summed E-state index contributed by atoms with van der Waals surface area (Å²) in [7, 11) is 0. The average molecular weight is 307 g/mol. The van der Waals surface area contributed by atoms with Crippen molar-refractivity contribution in [3.05, 3.63) is 59.7 Å². The zero-order valence-corrected chi connectivity index (χ0v) is 12.8. The van der Waals surface area contributed by atoms with Gasteiger partial charge >= 0.3 is 0 Å². The number of benzene rings is 2. The second-order valence-corrected chi connectivity index (χ2v) is 5.02. The fraction of sp³-hybridized carbons (Fsp3) is 0.167. The largest absolute Gasteiger partial charge is 0.326 e. The molecule has 0 aliphatic rings. The highest BCUT2D eigenvalue weighted by molar-refractivity contribution is 6.08. The molecule has 5 nitrogen and oxygen atoms in total. The topological polar surface area (TPSA) is 82.0 Å². The molecule has 0 aliphatic carbocycles. The number of nitrogens with zero attached hydrogens (tertiary/aromatic N) is 1. The van der Waals surface area contributed by atoms with Crippen molar-refractivity contribution in [2.75, 3.05) is 10.6 Å². The van der Waals surface area contributed by atoms with Crippen LogP contribution in [0.25, 0.3) is 0 Å². The van der Waals surface area contributed by atoms with E-state index in [4.69, 9.17) is 5.26 Å². The van der Waals surface area contributed by atoms with E-state index >= 15 is 0 Å². The number of carbonyl (C=O) groups excluding carboxylic acids is 2. The maximum absolute atomic E-state index is 11.9. The molecule has 5 heteroatoms. The SMILES string of the molecule is CCc1ccc(NC(=O)CC(=O)Nc2cccc(C#N)c2)cc1. The van der Waals surface area contributed by atoms with Crippen molar-refractivity contribution in [2.24, 2.45) is 0 Å². The third-order valence-electron chi connectivity index (χ3n) is 3.24. The van der Waals surface area contributed by atoms with Gasteiger partial charge in [-0.25, -0.2) is 0 Å². The first-order chi connectivity index (χ1) is 11.1. The molecule has 0 saturated carbocycles. The molecule has 0 heterocycles. The quantitative estimate of drug-likeness (QED) is 0.833. The van der Waals surface area contributed by atoms with Crippen molar-refractivity contribution >= 4 is 23.2 Å². The second kappa shape index (κ2) is 7.76.